The monoisotopic (exact) mass is 597 g/mol. The Bertz CT molecular complexity index is 599. The summed E-state index contributed by atoms with van der Waals surface area (Å²) in [6, 6.07) is 0. The third-order valence-electron chi connectivity index (χ3n) is 8.26. The molecule has 1 atom stereocenters. The van der Waals surface area contributed by atoms with Crippen LogP contribution in [0.5, 0.6) is 0 Å². The number of amides is 1. The van der Waals surface area contributed by atoms with Crippen molar-refractivity contribution in [1.29, 1.82) is 0 Å². The highest BCUT2D eigenvalue weighted by molar-refractivity contribution is 5.77. The molecule has 42 heavy (non-hydrogen) atoms. The Labute approximate surface area is 260 Å². The summed E-state index contributed by atoms with van der Waals surface area (Å²) in [4.78, 5) is 24.5. The molecule has 0 aromatic heterocycles. The minimum absolute atomic E-state index is 0.102. The van der Waals surface area contributed by atoms with Crippen molar-refractivity contribution in [1.82, 2.24) is 5.32 Å². The summed E-state index contributed by atoms with van der Waals surface area (Å²) < 4.78 is 5.35. The number of hydrogen-bond acceptors (Lipinski definition) is 5. The Balaban J connectivity index is 3.66. The third-order valence-corrected chi connectivity index (χ3v) is 8.26. The van der Waals surface area contributed by atoms with Crippen molar-refractivity contribution in [3.05, 3.63) is 6.92 Å². The van der Waals surface area contributed by atoms with Gasteiger partial charge in [0.25, 0.3) is 0 Å². The van der Waals surface area contributed by atoms with E-state index in [1.165, 1.54) is 116 Å². The van der Waals surface area contributed by atoms with Crippen molar-refractivity contribution < 1.29 is 24.5 Å². The number of rotatable bonds is 33. The number of ether oxygens (including phenoxy) is 1. The highest BCUT2D eigenvalue weighted by atomic mass is 16.5. The summed E-state index contributed by atoms with van der Waals surface area (Å²) in [6.07, 6.45) is 32.5. The minimum atomic E-state index is -1.18. The molecule has 0 saturated carbocycles. The third kappa shape index (κ3) is 29.0. The summed E-state index contributed by atoms with van der Waals surface area (Å²) in [6.45, 7) is 6.03. The molecule has 1 unspecified atom stereocenters. The Morgan fingerprint density at radius 1 is 0.571 bits per heavy atom. The van der Waals surface area contributed by atoms with E-state index in [9.17, 15) is 14.7 Å². The molecule has 249 valence electrons. The summed E-state index contributed by atoms with van der Waals surface area (Å²) >= 11 is 0. The molecule has 0 saturated heterocycles. The molecule has 0 aromatic carbocycles. The average Bonchev–Trinajstić information content (AvgIpc) is 2.98. The normalized spacial score (nSPS) is 12.8. The van der Waals surface area contributed by atoms with Gasteiger partial charge in [0, 0.05) is 19.4 Å². The van der Waals surface area contributed by atoms with Crippen LogP contribution in [0.2, 0.25) is 0 Å². The lowest BCUT2D eigenvalue weighted by atomic mass is 10.0. The first-order valence-electron chi connectivity index (χ1n) is 18.0. The van der Waals surface area contributed by atoms with Gasteiger partial charge in [-0.05, 0) is 26.2 Å². The molecule has 0 bridgehead atoms. The maximum absolute atomic E-state index is 12.4. The van der Waals surface area contributed by atoms with Gasteiger partial charge in [0.05, 0.1) is 12.1 Å². The number of aliphatic hydroxyl groups excluding tert-OH is 2. The summed E-state index contributed by atoms with van der Waals surface area (Å²) in [5, 5.41) is 21.3. The molecule has 0 rings (SSSR count). The second-order valence-corrected chi connectivity index (χ2v) is 12.7. The van der Waals surface area contributed by atoms with Gasteiger partial charge in [-0.25, -0.2) is 0 Å². The molecule has 6 heteroatoms. The van der Waals surface area contributed by atoms with Gasteiger partial charge < -0.3 is 20.3 Å². The molecule has 3 N–H and O–H groups in total. The molecule has 6 nitrogen and oxygen atoms in total. The fourth-order valence-electron chi connectivity index (χ4n) is 5.40. The predicted octanol–water partition coefficient (Wildman–Crippen LogP) is 9.15. The minimum Gasteiger partial charge on any atom is -0.463 e. The summed E-state index contributed by atoms with van der Waals surface area (Å²) in [5.74, 6) is -0.433. The lowest BCUT2D eigenvalue weighted by molar-refractivity contribution is -0.147. The Morgan fingerprint density at radius 3 is 1.31 bits per heavy atom. The fraction of sp³-hybridized carbons (Fsp3) is 0.917. The molecular weight excluding hydrogens is 526 g/mol. The highest BCUT2D eigenvalue weighted by Gasteiger charge is 2.27. The molecule has 0 fully saturated rings. The van der Waals surface area contributed by atoms with Crippen LogP contribution in [0.4, 0.5) is 0 Å². The van der Waals surface area contributed by atoms with Gasteiger partial charge >= 0.3 is 5.97 Å². The molecule has 0 spiro atoms. The molecule has 0 heterocycles. The van der Waals surface area contributed by atoms with Crippen molar-refractivity contribution in [2.45, 2.75) is 192 Å². The van der Waals surface area contributed by atoms with Crippen LogP contribution in [0.15, 0.2) is 0 Å². The summed E-state index contributed by atoms with van der Waals surface area (Å²) in [7, 11) is 0. The topological polar surface area (TPSA) is 95.9 Å². The number of carbonyl (C=O) groups excluding carboxylic acids is 2. The van der Waals surface area contributed by atoms with Gasteiger partial charge in [0.1, 0.15) is 6.61 Å². The van der Waals surface area contributed by atoms with E-state index in [-0.39, 0.29) is 25.1 Å². The first kappa shape index (κ1) is 40.9. The van der Waals surface area contributed by atoms with E-state index in [1.807, 2.05) is 0 Å². The second kappa shape index (κ2) is 31.3. The van der Waals surface area contributed by atoms with E-state index in [0.717, 1.165) is 51.4 Å². The number of carbonyl (C=O) groups is 2. The van der Waals surface area contributed by atoms with E-state index in [2.05, 4.69) is 19.2 Å². The first-order valence-corrected chi connectivity index (χ1v) is 18.0. The number of nitrogens with one attached hydrogen (secondary N) is 1. The molecule has 0 aliphatic heterocycles. The van der Waals surface area contributed by atoms with Crippen LogP contribution < -0.4 is 5.32 Å². The Hall–Kier alpha value is -1.14. The van der Waals surface area contributed by atoms with Crippen molar-refractivity contribution in [2.75, 3.05) is 19.8 Å². The van der Waals surface area contributed by atoms with E-state index in [1.54, 1.807) is 0 Å². The van der Waals surface area contributed by atoms with Crippen LogP contribution in [0, 0.1) is 6.92 Å². The number of esters is 1. The van der Waals surface area contributed by atoms with Crippen LogP contribution in [0.25, 0.3) is 0 Å². The van der Waals surface area contributed by atoms with Gasteiger partial charge in [0.2, 0.25) is 5.91 Å². The van der Waals surface area contributed by atoms with E-state index in [4.69, 9.17) is 9.84 Å². The van der Waals surface area contributed by atoms with Gasteiger partial charge in [-0.1, -0.05) is 155 Å². The Kier molecular flexibility index (Phi) is 30.4. The van der Waals surface area contributed by atoms with Crippen LogP contribution in [-0.4, -0.2) is 47.4 Å². The molecule has 0 aromatic rings. The van der Waals surface area contributed by atoms with E-state index >= 15 is 0 Å². The standard InChI is InChI=1S/C36H70NO5/c1-3-4-5-6-7-8-9-11-15-18-21-24-27-30-35(41)42-33-36(2,32-39)37-34(40)29-26-23-20-17-14-12-10-13-16-19-22-25-28-31-38/h38-39H,2-33H2,1H3,(H,37,40). The van der Waals surface area contributed by atoms with Gasteiger partial charge in [-0.15, -0.1) is 0 Å². The van der Waals surface area contributed by atoms with Crippen LogP contribution in [0.1, 0.15) is 187 Å². The maximum atomic E-state index is 12.4. The van der Waals surface area contributed by atoms with Crippen LogP contribution >= 0.6 is 0 Å². The fourth-order valence-corrected chi connectivity index (χ4v) is 5.40. The number of aliphatic hydroxyl groups is 2. The van der Waals surface area contributed by atoms with Crippen molar-refractivity contribution in [3.63, 3.8) is 0 Å². The highest BCUT2D eigenvalue weighted by Crippen LogP contribution is 2.15. The molecule has 0 aliphatic carbocycles. The predicted molar refractivity (Wildman–Crippen MR) is 176 cm³/mol. The lowest BCUT2D eigenvalue weighted by Gasteiger charge is -2.28. The summed E-state index contributed by atoms with van der Waals surface area (Å²) in [5.41, 5.74) is -1.18. The van der Waals surface area contributed by atoms with Crippen molar-refractivity contribution in [2.24, 2.45) is 0 Å². The largest absolute Gasteiger partial charge is 0.463 e. The maximum Gasteiger partial charge on any atom is 0.305 e. The average molecular weight is 597 g/mol. The quantitative estimate of drug-likeness (QED) is 0.0518. The van der Waals surface area contributed by atoms with Crippen molar-refractivity contribution >= 4 is 11.9 Å². The van der Waals surface area contributed by atoms with E-state index in [0.29, 0.717) is 19.4 Å². The van der Waals surface area contributed by atoms with Crippen LogP contribution in [-0.2, 0) is 14.3 Å². The smallest absolute Gasteiger partial charge is 0.305 e. The van der Waals surface area contributed by atoms with E-state index < -0.39 is 5.54 Å². The Morgan fingerprint density at radius 2 is 0.929 bits per heavy atom. The zero-order valence-electron chi connectivity index (χ0n) is 27.7. The van der Waals surface area contributed by atoms with Gasteiger partial charge in [-0.2, -0.15) is 0 Å². The molecule has 0 aliphatic rings. The van der Waals surface area contributed by atoms with Crippen molar-refractivity contribution in [3.8, 4) is 0 Å². The number of hydrogen-bond donors (Lipinski definition) is 3. The molecule has 1 amide bonds. The zero-order chi connectivity index (χ0) is 31.0. The second-order valence-electron chi connectivity index (χ2n) is 12.7. The van der Waals surface area contributed by atoms with Gasteiger partial charge in [0.15, 0.2) is 0 Å². The zero-order valence-corrected chi connectivity index (χ0v) is 27.7. The van der Waals surface area contributed by atoms with Gasteiger partial charge in [-0.3, -0.25) is 9.59 Å². The lowest BCUT2D eigenvalue weighted by Crippen LogP contribution is -2.53. The molecule has 1 radical (unpaired) electrons. The first-order chi connectivity index (χ1) is 20.5. The van der Waals surface area contributed by atoms with Crippen LogP contribution in [0.3, 0.4) is 0 Å². The number of unbranched alkanes of at least 4 members (excludes halogenated alkanes) is 24. The SMILES string of the molecule is [CH2]C(CO)(COC(=O)CCCCCCCCCCCCCCC)NC(=O)CCCCCCCCCCCCCCCO. The molecular formula is C36H70NO5.